The smallest absolute Gasteiger partial charge is 0.259 e. The van der Waals surface area contributed by atoms with Gasteiger partial charge in [0.05, 0.1) is 58.2 Å². The summed E-state index contributed by atoms with van der Waals surface area (Å²) in [5.41, 5.74) is 5.70. The van der Waals surface area contributed by atoms with Gasteiger partial charge in [-0.05, 0) is 44.7 Å². The summed E-state index contributed by atoms with van der Waals surface area (Å²) in [4.78, 5) is 34.9. The maximum absolute atomic E-state index is 12.9. The average Bonchev–Trinajstić information content (AvgIpc) is 3.77. The number of anilines is 4. The number of carbonyl (C=O) groups excluding carboxylic acids is 1. The van der Waals surface area contributed by atoms with Crippen molar-refractivity contribution in [1.29, 1.82) is 0 Å². The van der Waals surface area contributed by atoms with Crippen molar-refractivity contribution in [3.63, 3.8) is 0 Å². The van der Waals surface area contributed by atoms with Gasteiger partial charge in [-0.3, -0.25) is 14.3 Å². The summed E-state index contributed by atoms with van der Waals surface area (Å²) in [5.74, 6) is 0.487. The van der Waals surface area contributed by atoms with E-state index in [4.69, 9.17) is 5.10 Å². The van der Waals surface area contributed by atoms with Gasteiger partial charge in [0, 0.05) is 49.4 Å². The Balaban J connectivity index is 1.22. The molecule has 1 saturated heterocycles. The number of pyridine rings is 2. The minimum Gasteiger partial charge on any atom is -0.366 e. The molecule has 13 heteroatoms. The number of nitrogens with zero attached hydrogens (tertiary/aromatic N) is 5. The zero-order valence-electron chi connectivity index (χ0n) is 24.1. The van der Waals surface area contributed by atoms with Crippen molar-refractivity contribution < 1.29 is 13.2 Å². The molecule has 12 nitrogen and oxygen atoms in total. The first-order valence-corrected chi connectivity index (χ1v) is 16.3. The van der Waals surface area contributed by atoms with Gasteiger partial charge in [-0.25, -0.2) is 17.7 Å². The Bertz CT molecular complexity index is 1900. The molecular formula is C30H34N8O4S. The van der Waals surface area contributed by atoms with Crippen LogP contribution in [-0.4, -0.2) is 64.3 Å². The Kier molecular flexibility index (Phi) is 6.73. The number of para-hydroxylation sites is 1. The standard InChI is InChI=1S/C30H34N8O4S/c1-3-43(41,42)37-13-10-19(11-14-37)38-25-17-36(2)28-20(21(25)16-32-38)5-4-6-23(28)33-24-15-26(35-29(39)18-7-8-18)34-22-9-12-31-30(40)27(22)24/h4-6,9,12,15-16,18-19H,3,7-8,10-11,13-14,17H2,1-2H3,(H,31,40)(H2,33,34,35,39). The predicted octanol–water partition coefficient (Wildman–Crippen LogP) is 3.82. The molecule has 0 bridgehead atoms. The highest BCUT2D eigenvalue weighted by atomic mass is 32.2. The van der Waals surface area contributed by atoms with E-state index < -0.39 is 10.0 Å². The van der Waals surface area contributed by atoms with Crippen molar-refractivity contribution in [2.24, 2.45) is 5.92 Å². The molecule has 2 fully saturated rings. The monoisotopic (exact) mass is 602 g/mol. The Morgan fingerprint density at radius 3 is 2.63 bits per heavy atom. The first kappa shape index (κ1) is 27.6. The summed E-state index contributed by atoms with van der Waals surface area (Å²) in [7, 11) is -1.17. The first-order valence-electron chi connectivity index (χ1n) is 14.7. The number of aromatic amines is 1. The van der Waals surface area contributed by atoms with E-state index in [1.165, 1.54) is 0 Å². The minimum absolute atomic E-state index is 0.0231. The van der Waals surface area contributed by atoms with E-state index in [2.05, 4.69) is 36.2 Å². The van der Waals surface area contributed by atoms with Crippen LogP contribution < -0.4 is 21.1 Å². The van der Waals surface area contributed by atoms with E-state index in [-0.39, 0.29) is 29.2 Å². The van der Waals surface area contributed by atoms with Gasteiger partial charge in [0.15, 0.2) is 0 Å². The molecule has 43 heavy (non-hydrogen) atoms. The molecule has 5 heterocycles. The third-order valence-corrected chi connectivity index (χ3v) is 10.6. The molecule has 1 saturated carbocycles. The molecule has 2 aliphatic heterocycles. The van der Waals surface area contributed by atoms with Gasteiger partial charge < -0.3 is 20.5 Å². The van der Waals surface area contributed by atoms with Crippen LogP contribution >= 0.6 is 0 Å². The van der Waals surface area contributed by atoms with Crippen molar-refractivity contribution in [2.45, 2.75) is 45.2 Å². The van der Waals surface area contributed by atoms with E-state index in [9.17, 15) is 18.0 Å². The van der Waals surface area contributed by atoms with E-state index in [0.29, 0.717) is 42.0 Å². The van der Waals surface area contributed by atoms with Crippen LogP contribution in [0.2, 0.25) is 0 Å². The van der Waals surface area contributed by atoms with Gasteiger partial charge in [0.25, 0.3) is 5.56 Å². The zero-order chi connectivity index (χ0) is 29.9. The first-order chi connectivity index (χ1) is 20.7. The quantitative estimate of drug-likeness (QED) is 0.290. The molecule has 224 valence electrons. The number of rotatable bonds is 7. The molecule has 4 aromatic rings. The Labute approximate surface area is 249 Å². The van der Waals surface area contributed by atoms with Crippen LogP contribution in [0.5, 0.6) is 0 Å². The summed E-state index contributed by atoms with van der Waals surface area (Å²) in [6.07, 6.45) is 6.65. The maximum atomic E-state index is 12.9. The molecule has 3 N–H and O–H groups in total. The topological polar surface area (TPSA) is 145 Å². The van der Waals surface area contributed by atoms with E-state index >= 15 is 0 Å². The van der Waals surface area contributed by atoms with Crippen LogP contribution in [0.25, 0.3) is 22.0 Å². The number of benzene rings is 1. The van der Waals surface area contributed by atoms with Crippen LogP contribution in [0.4, 0.5) is 22.9 Å². The largest absolute Gasteiger partial charge is 0.366 e. The number of hydrogen-bond acceptors (Lipinski definition) is 8. The van der Waals surface area contributed by atoms with Gasteiger partial charge >= 0.3 is 0 Å². The number of carbonyl (C=O) groups is 1. The van der Waals surface area contributed by atoms with Crippen LogP contribution in [0.1, 0.15) is 44.3 Å². The molecule has 3 aromatic heterocycles. The van der Waals surface area contributed by atoms with Crippen LogP contribution in [0.3, 0.4) is 0 Å². The lowest BCUT2D eigenvalue weighted by molar-refractivity contribution is -0.117. The van der Waals surface area contributed by atoms with E-state index in [1.54, 1.807) is 29.6 Å². The second-order valence-corrected chi connectivity index (χ2v) is 13.8. The van der Waals surface area contributed by atoms with E-state index in [1.807, 2.05) is 25.4 Å². The fourth-order valence-corrected chi connectivity index (χ4v) is 7.42. The molecule has 0 radical (unpaired) electrons. The molecule has 1 aromatic carbocycles. The Hall–Kier alpha value is -4.23. The summed E-state index contributed by atoms with van der Waals surface area (Å²) < 4.78 is 28.4. The SMILES string of the molecule is CCS(=O)(=O)N1CCC(n2ncc3c2CN(C)c2c(Nc4cc(NC(=O)C5CC5)nc5cc[nH]c(=O)c45)cccc2-3)CC1. The van der Waals surface area contributed by atoms with Crippen molar-refractivity contribution in [1.82, 2.24) is 24.1 Å². The highest BCUT2D eigenvalue weighted by Gasteiger charge is 2.33. The third kappa shape index (κ3) is 4.95. The number of piperidine rings is 1. The molecule has 0 atom stereocenters. The number of nitrogens with one attached hydrogen (secondary N) is 3. The molecule has 0 unspecified atom stereocenters. The number of amides is 1. The van der Waals surface area contributed by atoms with Gasteiger partial charge in [0.2, 0.25) is 15.9 Å². The second kappa shape index (κ2) is 10.5. The normalized spacial score (nSPS) is 17.5. The van der Waals surface area contributed by atoms with Crippen LogP contribution in [-0.2, 0) is 21.4 Å². The summed E-state index contributed by atoms with van der Waals surface area (Å²) in [5, 5.41) is 11.6. The fraction of sp³-hybridized carbons (Fsp3) is 0.400. The van der Waals surface area contributed by atoms with Crippen molar-refractivity contribution in [2.75, 3.05) is 41.4 Å². The van der Waals surface area contributed by atoms with Crippen molar-refractivity contribution in [3.05, 3.63) is 58.8 Å². The van der Waals surface area contributed by atoms with Gasteiger partial charge in [-0.2, -0.15) is 5.10 Å². The summed E-state index contributed by atoms with van der Waals surface area (Å²) >= 11 is 0. The number of sulfonamides is 1. The minimum atomic E-state index is -3.19. The second-order valence-electron chi connectivity index (χ2n) is 11.5. The molecule has 1 aliphatic carbocycles. The fourth-order valence-electron chi connectivity index (χ4n) is 6.28. The number of aromatic nitrogens is 4. The highest BCUT2D eigenvalue weighted by Crippen LogP contribution is 2.45. The third-order valence-electron chi connectivity index (χ3n) is 8.72. The highest BCUT2D eigenvalue weighted by molar-refractivity contribution is 7.89. The van der Waals surface area contributed by atoms with Crippen LogP contribution in [0.15, 0.2) is 47.5 Å². The number of fused-ring (bicyclic) bond motifs is 4. The molecule has 7 rings (SSSR count). The van der Waals surface area contributed by atoms with Crippen molar-refractivity contribution in [3.8, 4) is 11.1 Å². The molecule has 0 spiro atoms. The molecule has 1 amide bonds. The number of H-pyrrole nitrogens is 1. The van der Waals surface area contributed by atoms with Gasteiger partial charge in [0.1, 0.15) is 5.82 Å². The Morgan fingerprint density at radius 1 is 1.09 bits per heavy atom. The average molecular weight is 603 g/mol. The van der Waals surface area contributed by atoms with E-state index in [0.717, 1.165) is 53.9 Å². The van der Waals surface area contributed by atoms with Gasteiger partial charge in [-0.15, -0.1) is 0 Å². The molecular weight excluding hydrogens is 568 g/mol. The lowest BCUT2D eigenvalue weighted by atomic mass is 9.97. The van der Waals surface area contributed by atoms with Crippen LogP contribution in [0, 0.1) is 5.92 Å². The lowest BCUT2D eigenvalue weighted by Gasteiger charge is -2.34. The maximum Gasteiger partial charge on any atom is 0.259 e. The zero-order valence-corrected chi connectivity index (χ0v) is 24.9. The predicted molar refractivity (Wildman–Crippen MR) is 166 cm³/mol. The van der Waals surface area contributed by atoms with Crippen molar-refractivity contribution >= 4 is 49.7 Å². The molecule has 3 aliphatic rings. The summed E-state index contributed by atoms with van der Waals surface area (Å²) in [6, 6.07) is 9.58. The number of hydrogen-bond donors (Lipinski definition) is 3. The lowest BCUT2D eigenvalue weighted by Crippen LogP contribution is -2.40. The van der Waals surface area contributed by atoms with Gasteiger partial charge in [-0.1, -0.05) is 12.1 Å². The summed E-state index contributed by atoms with van der Waals surface area (Å²) in [6.45, 7) is 3.30. The Morgan fingerprint density at radius 2 is 1.88 bits per heavy atom.